The summed E-state index contributed by atoms with van der Waals surface area (Å²) in [5.74, 6) is 0.543. The minimum absolute atomic E-state index is 0.169. The van der Waals surface area contributed by atoms with Crippen LogP contribution >= 0.6 is 11.6 Å². The lowest BCUT2D eigenvalue weighted by Crippen LogP contribution is -2.40. The smallest absolute Gasteiger partial charge is 0.297 e. The maximum Gasteiger partial charge on any atom is 0.332 e. The third-order valence-corrected chi connectivity index (χ3v) is 4.72. The molecule has 26 heavy (non-hydrogen) atoms. The molecule has 9 heteroatoms. The topological polar surface area (TPSA) is 77.4 Å². The minimum Gasteiger partial charge on any atom is -0.297 e. The molecule has 1 aromatic carbocycles. The second-order valence-corrected chi connectivity index (χ2v) is 6.82. The summed E-state index contributed by atoms with van der Waals surface area (Å²) in [7, 11) is 3.39. The van der Waals surface area contributed by atoms with Crippen LogP contribution in [0.15, 0.2) is 39.0 Å². The first-order valence-electron chi connectivity index (χ1n) is 8.09. The lowest BCUT2D eigenvalue weighted by atomic mass is 10.2. The van der Waals surface area contributed by atoms with Crippen molar-refractivity contribution in [2.45, 2.75) is 20.0 Å². The van der Waals surface area contributed by atoms with Gasteiger partial charge in [-0.1, -0.05) is 23.7 Å². The van der Waals surface area contributed by atoms with Crippen LogP contribution in [-0.2, 0) is 20.1 Å². The molecular weight excluding hydrogens is 356 g/mol. The van der Waals surface area contributed by atoms with Crippen molar-refractivity contribution < 1.29 is 0 Å². The Balaban J connectivity index is 1.96. The average Bonchev–Trinajstić information content (AvgIpc) is 2.98. The number of fused-ring (bicyclic) bond motifs is 3. The molecule has 0 atom stereocenters. The Morgan fingerprint density at radius 3 is 2.54 bits per heavy atom. The molecule has 0 saturated carbocycles. The minimum atomic E-state index is -0.409. The van der Waals surface area contributed by atoms with Gasteiger partial charge >= 0.3 is 5.69 Å². The largest absolute Gasteiger partial charge is 0.332 e. The van der Waals surface area contributed by atoms with Crippen LogP contribution in [0.1, 0.15) is 12.5 Å². The Bertz CT molecular complexity index is 1170. The molecule has 0 spiro atoms. The zero-order valence-electron chi connectivity index (χ0n) is 14.6. The predicted molar refractivity (Wildman–Crippen MR) is 101 cm³/mol. The molecule has 3 aromatic rings. The highest BCUT2D eigenvalue weighted by atomic mass is 35.5. The molecule has 1 aliphatic heterocycles. The van der Waals surface area contributed by atoms with Gasteiger partial charge in [-0.15, -0.1) is 0 Å². The van der Waals surface area contributed by atoms with Crippen LogP contribution in [-0.4, -0.2) is 31.4 Å². The molecule has 0 N–H and O–H groups in total. The van der Waals surface area contributed by atoms with Gasteiger partial charge in [-0.2, -0.15) is 10.1 Å². The van der Waals surface area contributed by atoms with Crippen LogP contribution in [0.3, 0.4) is 0 Å². The monoisotopic (exact) mass is 372 g/mol. The number of hydrogen-bond donors (Lipinski definition) is 0. The van der Waals surface area contributed by atoms with Gasteiger partial charge in [0.05, 0.1) is 18.8 Å². The number of aromatic nitrogens is 4. The zero-order chi connectivity index (χ0) is 18.6. The molecule has 3 heterocycles. The Kier molecular flexibility index (Phi) is 3.73. The number of imidazole rings is 1. The third kappa shape index (κ3) is 2.45. The Morgan fingerprint density at radius 1 is 1.15 bits per heavy atom. The van der Waals surface area contributed by atoms with E-state index in [4.69, 9.17) is 11.6 Å². The number of halogens is 1. The quantitative estimate of drug-likeness (QED) is 0.681. The molecule has 134 valence electrons. The maximum absolute atomic E-state index is 13.1. The fraction of sp³-hybridized carbons (Fsp3) is 0.294. The molecule has 0 fully saturated rings. The lowest BCUT2D eigenvalue weighted by molar-refractivity contribution is 0.653. The van der Waals surface area contributed by atoms with Crippen LogP contribution in [0.25, 0.3) is 11.2 Å². The van der Waals surface area contributed by atoms with Gasteiger partial charge < -0.3 is 0 Å². The van der Waals surface area contributed by atoms with Gasteiger partial charge in [0.15, 0.2) is 11.2 Å². The van der Waals surface area contributed by atoms with Crippen LogP contribution in [0.5, 0.6) is 0 Å². The van der Waals surface area contributed by atoms with E-state index in [0.29, 0.717) is 28.7 Å². The Morgan fingerprint density at radius 2 is 1.85 bits per heavy atom. The number of aryl methyl sites for hydroxylation is 1. The maximum atomic E-state index is 13.1. The van der Waals surface area contributed by atoms with E-state index in [1.807, 2.05) is 6.92 Å². The molecule has 0 bridgehead atoms. The number of anilines is 1. The molecule has 8 nitrogen and oxygen atoms in total. The first-order chi connectivity index (χ1) is 12.4. The van der Waals surface area contributed by atoms with Crippen LogP contribution in [0, 0.1) is 0 Å². The SMILES string of the molecule is CC1=NN(C)c2nc3c(c(=O)n(Cc4ccc(Cl)cc4)c(=O)n3C)n2C1. The molecule has 0 saturated heterocycles. The van der Waals surface area contributed by atoms with Crippen molar-refractivity contribution in [3.63, 3.8) is 0 Å². The van der Waals surface area contributed by atoms with Crippen LogP contribution in [0.2, 0.25) is 5.02 Å². The van der Waals surface area contributed by atoms with E-state index in [9.17, 15) is 9.59 Å². The molecule has 0 unspecified atom stereocenters. The summed E-state index contributed by atoms with van der Waals surface area (Å²) in [6.45, 7) is 2.52. The summed E-state index contributed by atoms with van der Waals surface area (Å²) >= 11 is 5.91. The van der Waals surface area contributed by atoms with E-state index in [-0.39, 0.29) is 12.1 Å². The van der Waals surface area contributed by atoms with Gasteiger partial charge in [0.25, 0.3) is 5.56 Å². The predicted octanol–water partition coefficient (Wildman–Crippen LogP) is 1.42. The van der Waals surface area contributed by atoms with E-state index < -0.39 is 5.69 Å². The normalized spacial score (nSPS) is 13.8. The van der Waals surface area contributed by atoms with E-state index in [0.717, 1.165) is 11.3 Å². The summed E-state index contributed by atoms with van der Waals surface area (Å²) in [5.41, 5.74) is 1.67. The van der Waals surface area contributed by atoms with Crippen molar-refractivity contribution in [2.75, 3.05) is 12.1 Å². The highest BCUT2D eigenvalue weighted by Gasteiger charge is 2.24. The van der Waals surface area contributed by atoms with Crippen LogP contribution in [0.4, 0.5) is 5.95 Å². The number of nitrogens with zero attached hydrogens (tertiary/aromatic N) is 6. The number of hydrazone groups is 1. The number of benzene rings is 1. The molecule has 2 aromatic heterocycles. The van der Waals surface area contributed by atoms with E-state index in [1.54, 1.807) is 47.9 Å². The second-order valence-electron chi connectivity index (χ2n) is 6.39. The van der Waals surface area contributed by atoms with E-state index >= 15 is 0 Å². The van der Waals surface area contributed by atoms with E-state index in [2.05, 4.69) is 10.1 Å². The standard InChI is InChI=1S/C17H17ClN6O2/c1-10-8-23-13-14(19-16(23)22(3)20-10)21(2)17(26)24(15(13)25)9-11-4-6-12(18)7-5-11/h4-7H,8-9H2,1-3H3. The number of hydrogen-bond acceptors (Lipinski definition) is 5. The van der Waals surface area contributed by atoms with E-state index in [1.165, 1.54) is 9.13 Å². The molecule has 1 aliphatic rings. The average molecular weight is 373 g/mol. The summed E-state index contributed by atoms with van der Waals surface area (Å²) < 4.78 is 4.43. The highest BCUT2D eigenvalue weighted by Crippen LogP contribution is 2.22. The van der Waals surface area contributed by atoms with Gasteiger partial charge in [0.2, 0.25) is 5.95 Å². The van der Waals surface area contributed by atoms with Gasteiger partial charge in [-0.25, -0.2) is 9.80 Å². The summed E-state index contributed by atoms with van der Waals surface area (Å²) in [6.07, 6.45) is 0. The summed E-state index contributed by atoms with van der Waals surface area (Å²) in [4.78, 5) is 30.3. The van der Waals surface area contributed by atoms with Crippen molar-refractivity contribution in [3.8, 4) is 0 Å². The van der Waals surface area contributed by atoms with Crippen molar-refractivity contribution in [1.29, 1.82) is 0 Å². The molecule has 4 rings (SSSR count). The molecule has 0 radical (unpaired) electrons. The van der Waals surface area contributed by atoms with Crippen molar-refractivity contribution in [1.82, 2.24) is 18.7 Å². The number of rotatable bonds is 2. The lowest BCUT2D eigenvalue weighted by Gasteiger charge is -2.20. The Hall–Kier alpha value is -2.87. The van der Waals surface area contributed by atoms with Crippen molar-refractivity contribution in [2.24, 2.45) is 12.1 Å². The van der Waals surface area contributed by atoms with Gasteiger partial charge in [0, 0.05) is 19.1 Å². The van der Waals surface area contributed by atoms with Gasteiger partial charge in [-0.3, -0.25) is 18.5 Å². The molecular formula is C17H17ClN6O2. The summed E-state index contributed by atoms with van der Waals surface area (Å²) in [6, 6.07) is 7.07. The Labute approximate surface area is 153 Å². The first kappa shape index (κ1) is 16.6. The molecule has 0 aliphatic carbocycles. The fourth-order valence-corrected chi connectivity index (χ4v) is 3.36. The molecule has 0 amide bonds. The third-order valence-electron chi connectivity index (χ3n) is 4.46. The zero-order valence-corrected chi connectivity index (χ0v) is 15.4. The van der Waals surface area contributed by atoms with Crippen molar-refractivity contribution >= 4 is 34.4 Å². The second kappa shape index (κ2) is 5.84. The van der Waals surface area contributed by atoms with Gasteiger partial charge in [0.1, 0.15) is 0 Å². The van der Waals surface area contributed by atoms with Gasteiger partial charge in [-0.05, 0) is 24.6 Å². The highest BCUT2D eigenvalue weighted by molar-refractivity contribution is 6.30. The van der Waals surface area contributed by atoms with Crippen molar-refractivity contribution in [3.05, 3.63) is 55.7 Å². The first-order valence-corrected chi connectivity index (χ1v) is 8.47. The summed E-state index contributed by atoms with van der Waals surface area (Å²) in [5, 5.41) is 6.58. The van der Waals surface area contributed by atoms with Crippen LogP contribution < -0.4 is 16.3 Å². The fourth-order valence-electron chi connectivity index (χ4n) is 3.23.